The van der Waals surface area contributed by atoms with Crippen molar-refractivity contribution in [2.24, 2.45) is 0 Å². The van der Waals surface area contributed by atoms with E-state index in [9.17, 15) is 9.59 Å². The molecular formula is C8H13NO3. The summed E-state index contributed by atoms with van der Waals surface area (Å²) in [6.45, 7) is 1.67. The van der Waals surface area contributed by atoms with Crippen LogP contribution in [-0.4, -0.2) is 42.9 Å². The topological polar surface area (TPSA) is 46.6 Å². The van der Waals surface area contributed by atoms with E-state index in [2.05, 4.69) is 0 Å². The summed E-state index contributed by atoms with van der Waals surface area (Å²) in [5, 5.41) is 0. The van der Waals surface area contributed by atoms with Crippen molar-refractivity contribution in [3.63, 3.8) is 0 Å². The maximum atomic E-state index is 11.3. The number of likely N-dealkylation sites (N-methyl/N-ethyl adjacent to an activating group) is 1. The molecule has 0 radical (unpaired) electrons. The van der Waals surface area contributed by atoms with Crippen molar-refractivity contribution in [1.29, 1.82) is 0 Å². The van der Waals surface area contributed by atoms with Gasteiger partial charge in [-0.05, 0) is 6.92 Å². The lowest BCUT2D eigenvalue weighted by Gasteiger charge is -2.14. The number of ether oxygens (including phenoxy) is 1. The molecule has 12 heavy (non-hydrogen) atoms. The van der Waals surface area contributed by atoms with Gasteiger partial charge < -0.3 is 9.64 Å². The molecule has 0 aliphatic carbocycles. The highest BCUT2D eigenvalue weighted by molar-refractivity contribution is 5.93. The minimum absolute atomic E-state index is 0.00944. The zero-order valence-corrected chi connectivity index (χ0v) is 7.53. The van der Waals surface area contributed by atoms with E-state index in [1.165, 1.54) is 4.90 Å². The number of hydrogen-bond donors (Lipinski definition) is 0. The minimum Gasteiger partial charge on any atom is -0.357 e. The molecule has 1 rings (SSSR count). The van der Waals surface area contributed by atoms with E-state index in [0.29, 0.717) is 0 Å². The average molecular weight is 171 g/mol. The van der Waals surface area contributed by atoms with Gasteiger partial charge in [-0.15, -0.1) is 0 Å². The fourth-order valence-electron chi connectivity index (χ4n) is 1.15. The zero-order chi connectivity index (χ0) is 9.30. The first-order valence-electron chi connectivity index (χ1n) is 3.91. The summed E-state index contributed by atoms with van der Waals surface area (Å²) in [5.74, 6) is -0.122. The molecule has 0 aromatic rings. The van der Waals surface area contributed by atoms with Crippen LogP contribution in [-0.2, 0) is 14.3 Å². The predicted octanol–water partition coefficient (Wildman–Crippen LogP) is -0.179. The Morgan fingerprint density at radius 2 is 2.17 bits per heavy atom. The molecule has 1 aliphatic heterocycles. The normalized spacial score (nSPS) is 29.1. The van der Waals surface area contributed by atoms with Crippen LogP contribution in [0.3, 0.4) is 0 Å². The highest BCUT2D eigenvalue weighted by Gasteiger charge is 2.35. The number of carbonyl (C=O) groups excluding carboxylic acids is 2. The Kier molecular flexibility index (Phi) is 2.47. The summed E-state index contributed by atoms with van der Waals surface area (Å²) in [6.07, 6.45) is -0.751. The molecule has 0 saturated carbocycles. The van der Waals surface area contributed by atoms with Crippen molar-refractivity contribution in [2.75, 3.05) is 14.1 Å². The molecule has 68 valence electrons. The first kappa shape index (κ1) is 9.19. The van der Waals surface area contributed by atoms with E-state index in [0.717, 1.165) is 0 Å². The third-order valence-electron chi connectivity index (χ3n) is 1.92. The van der Waals surface area contributed by atoms with Gasteiger partial charge in [-0.1, -0.05) is 0 Å². The second-order valence-electron chi connectivity index (χ2n) is 3.17. The Hall–Kier alpha value is -0.900. The molecule has 4 heteroatoms. The number of amides is 1. The molecule has 0 aromatic carbocycles. The van der Waals surface area contributed by atoms with E-state index in [1.54, 1.807) is 21.0 Å². The van der Waals surface area contributed by atoms with Crippen LogP contribution in [0.2, 0.25) is 0 Å². The Morgan fingerprint density at radius 1 is 1.58 bits per heavy atom. The fraction of sp³-hybridized carbons (Fsp3) is 0.750. The van der Waals surface area contributed by atoms with Gasteiger partial charge in [-0.25, -0.2) is 0 Å². The van der Waals surface area contributed by atoms with Crippen LogP contribution in [0.1, 0.15) is 13.3 Å². The smallest absolute Gasteiger partial charge is 0.251 e. The number of hydrogen-bond acceptors (Lipinski definition) is 3. The first-order valence-corrected chi connectivity index (χ1v) is 3.91. The van der Waals surface area contributed by atoms with Gasteiger partial charge in [0.2, 0.25) is 0 Å². The quantitative estimate of drug-likeness (QED) is 0.550. The molecule has 1 fully saturated rings. The van der Waals surface area contributed by atoms with E-state index in [-0.39, 0.29) is 18.1 Å². The molecule has 0 N–H and O–H groups in total. The standard InChI is InChI=1S/C8H13NO3/c1-5-6(10)4-7(12-5)8(11)9(2)3/h5,7H,4H2,1-3H3/t5-,7+/m0/s1. The van der Waals surface area contributed by atoms with Gasteiger partial charge in [0.15, 0.2) is 5.78 Å². The van der Waals surface area contributed by atoms with Crippen molar-refractivity contribution < 1.29 is 14.3 Å². The third-order valence-corrected chi connectivity index (χ3v) is 1.92. The molecule has 1 amide bonds. The summed E-state index contributed by atoms with van der Waals surface area (Å²) >= 11 is 0. The van der Waals surface area contributed by atoms with Crippen LogP contribution in [0.25, 0.3) is 0 Å². The Balaban J connectivity index is 2.57. The van der Waals surface area contributed by atoms with Crippen LogP contribution in [0.5, 0.6) is 0 Å². The van der Waals surface area contributed by atoms with Crippen LogP contribution in [0.4, 0.5) is 0 Å². The van der Waals surface area contributed by atoms with Gasteiger partial charge in [0.1, 0.15) is 12.2 Å². The molecule has 0 spiro atoms. The van der Waals surface area contributed by atoms with Crippen LogP contribution in [0, 0.1) is 0 Å². The fourth-order valence-corrected chi connectivity index (χ4v) is 1.15. The van der Waals surface area contributed by atoms with Crippen molar-refractivity contribution in [2.45, 2.75) is 25.6 Å². The molecule has 0 bridgehead atoms. The molecule has 2 atom stereocenters. The predicted molar refractivity (Wildman–Crippen MR) is 42.7 cm³/mol. The van der Waals surface area contributed by atoms with Crippen molar-refractivity contribution in [1.82, 2.24) is 4.90 Å². The summed E-state index contributed by atoms with van der Waals surface area (Å²) in [5.41, 5.74) is 0. The lowest BCUT2D eigenvalue weighted by atomic mass is 10.2. The summed E-state index contributed by atoms with van der Waals surface area (Å²) in [6, 6.07) is 0. The third kappa shape index (κ3) is 1.64. The number of Topliss-reactive ketones (excluding diaryl/α,β-unsaturated/α-hetero) is 1. The lowest BCUT2D eigenvalue weighted by molar-refractivity contribution is -0.140. The van der Waals surface area contributed by atoms with Gasteiger partial charge in [0, 0.05) is 20.5 Å². The maximum absolute atomic E-state index is 11.3. The Morgan fingerprint density at radius 3 is 2.50 bits per heavy atom. The number of nitrogens with zero attached hydrogens (tertiary/aromatic N) is 1. The minimum atomic E-state index is -0.553. The van der Waals surface area contributed by atoms with Gasteiger partial charge in [0.05, 0.1) is 0 Å². The van der Waals surface area contributed by atoms with Crippen LogP contribution in [0.15, 0.2) is 0 Å². The Bertz CT molecular complexity index is 212. The van der Waals surface area contributed by atoms with Gasteiger partial charge in [0.25, 0.3) is 5.91 Å². The van der Waals surface area contributed by atoms with Crippen LogP contribution >= 0.6 is 0 Å². The zero-order valence-electron chi connectivity index (χ0n) is 7.53. The van der Waals surface area contributed by atoms with Gasteiger partial charge >= 0.3 is 0 Å². The second-order valence-corrected chi connectivity index (χ2v) is 3.17. The number of ketones is 1. The number of carbonyl (C=O) groups is 2. The Labute approximate surface area is 71.5 Å². The van der Waals surface area contributed by atoms with Crippen molar-refractivity contribution >= 4 is 11.7 Å². The molecule has 1 heterocycles. The first-order chi connectivity index (χ1) is 5.52. The SMILES string of the molecule is C[C@@H]1O[C@@H](C(=O)N(C)C)CC1=O. The van der Waals surface area contributed by atoms with Gasteiger partial charge in [-0.2, -0.15) is 0 Å². The highest BCUT2D eigenvalue weighted by Crippen LogP contribution is 2.16. The summed E-state index contributed by atoms with van der Waals surface area (Å²) in [7, 11) is 3.30. The molecule has 1 aliphatic rings. The molecule has 1 saturated heterocycles. The second kappa shape index (κ2) is 3.23. The monoisotopic (exact) mass is 171 g/mol. The summed E-state index contributed by atoms with van der Waals surface area (Å²) < 4.78 is 5.16. The van der Waals surface area contributed by atoms with E-state index < -0.39 is 12.2 Å². The lowest BCUT2D eigenvalue weighted by Crippen LogP contribution is -2.33. The molecular weight excluding hydrogens is 158 g/mol. The van der Waals surface area contributed by atoms with Crippen LogP contribution < -0.4 is 0 Å². The average Bonchev–Trinajstić information content (AvgIpc) is 2.30. The molecule has 0 unspecified atom stereocenters. The largest absolute Gasteiger partial charge is 0.357 e. The summed E-state index contributed by atoms with van der Waals surface area (Å²) in [4.78, 5) is 23.7. The van der Waals surface area contributed by atoms with E-state index in [4.69, 9.17) is 4.74 Å². The van der Waals surface area contributed by atoms with Crippen molar-refractivity contribution in [3.05, 3.63) is 0 Å². The highest BCUT2D eigenvalue weighted by atomic mass is 16.5. The molecule has 0 aromatic heterocycles. The molecule has 4 nitrogen and oxygen atoms in total. The van der Waals surface area contributed by atoms with E-state index >= 15 is 0 Å². The maximum Gasteiger partial charge on any atom is 0.251 e. The van der Waals surface area contributed by atoms with E-state index in [1.807, 2.05) is 0 Å². The number of rotatable bonds is 1. The van der Waals surface area contributed by atoms with Crippen molar-refractivity contribution in [3.8, 4) is 0 Å². The van der Waals surface area contributed by atoms with Gasteiger partial charge in [-0.3, -0.25) is 9.59 Å².